The summed E-state index contributed by atoms with van der Waals surface area (Å²) in [4.78, 5) is 0. The first-order valence-corrected chi connectivity index (χ1v) is 5.21. The predicted molar refractivity (Wildman–Crippen MR) is 53.3 cm³/mol. The molecule has 0 amide bonds. The monoisotopic (exact) mass is 173 g/mol. The smallest absolute Gasteiger partial charge is 0.00283 e. The molecular formula is C9H19NS. The average molecular weight is 173 g/mol. The van der Waals surface area contributed by atoms with Crippen LogP contribution in [0.2, 0.25) is 0 Å². The molecule has 1 saturated heterocycles. The number of hydrogen-bond donors (Lipinski definition) is 2. The van der Waals surface area contributed by atoms with Gasteiger partial charge < -0.3 is 5.32 Å². The van der Waals surface area contributed by atoms with Crippen molar-refractivity contribution >= 4 is 12.6 Å². The van der Waals surface area contributed by atoms with Gasteiger partial charge in [0.15, 0.2) is 0 Å². The molecule has 0 atom stereocenters. The zero-order chi connectivity index (χ0) is 8.32. The summed E-state index contributed by atoms with van der Waals surface area (Å²) in [5, 5.41) is 4.11. The normalized spacial score (nSPS) is 41.2. The van der Waals surface area contributed by atoms with Crippen LogP contribution in [0.3, 0.4) is 0 Å². The first-order chi connectivity index (χ1) is 5.31. The van der Waals surface area contributed by atoms with Gasteiger partial charge in [0.25, 0.3) is 0 Å². The molecule has 2 rings (SSSR count). The number of hydrogen-bond acceptors (Lipinski definition) is 2. The Hall–Kier alpha value is 0.310. The molecule has 1 nitrogen and oxygen atoms in total. The second-order valence-corrected chi connectivity index (χ2v) is 4.22. The Kier molecular flexibility index (Phi) is 3.26. The molecule has 1 spiro atoms. The van der Waals surface area contributed by atoms with E-state index < -0.39 is 0 Å². The van der Waals surface area contributed by atoms with Crippen LogP contribution < -0.4 is 5.32 Å². The van der Waals surface area contributed by atoms with Gasteiger partial charge in [-0.05, 0) is 31.2 Å². The minimum Gasteiger partial charge on any atom is -0.316 e. The molecule has 2 aliphatic rings. The maximum Gasteiger partial charge on any atom is 0.00283 e. The Bertz CT molecular complexity index is 111. The Labute approximate surface area is 75.4 Å². The summed E-state index contributed by atoms with van der Waals surface area (Å²) in [7, 11) is 0. The molecule has 2 fully saturated rings. The molecule has 0 bridgehead atoms. The molecule has 1 aliphatic carbocycles. The van der Waals surface area contributed by atoms with Crippen molar-refractivity contribution in [2.75, 3.05) is 13.1 Å². The van der Waals surface area contributed by atoms with Gasteiger partial charge in [-0.3, -0.25) is 0 Å². The minimum atomic E-state index is 0.701. The highest BCUT2D eigenvalue weighted by Gasteiger charge is 2.44. The summed E-state index contributed by atoms with van der Waals surface area (Å²) in [6.07, 6.45) is 4.09. The SMILES string of the molecule is CC.SC1CC2(CCNC2)C1. The molecule has 1 saturated carbocycles. The van der Waals surface area contributed by atoms with Crippen molar-refractivity contribution in [3.8, 4) is 0 Å². The van der Waals surface area contributed by atoms with Crippen LogP contribution >= 0.6 is 12.6 Å². The van der Waals surface area contributed by atoms with E-state index in [2.05, 4.69) is 17.9 Å². The maximum absolute atomic E-state index is 4.41. The van der Waals surface area contributed by atoms with Crippen LogP contribution in [0.4, 0.5) is 0 Å². The second kappa shape index (κ2) is 3.81. The molecule has 66 valence electrons. The topological polar surface area (TPSA) is 12.0 Å². The van der Waals surface area contributed by atoms with Crippen molar-refractivity contribution < 1.29 is 0 Å². The largest absolute Gasteiger partial charge is 0.316 e. The quantitative estimate of drug-likeness (QED) is 0.535. The highest BCUT2D eigenvalue weighted by Crippen LogP contribution is 2.47. The van der Waals surface area contributed by atoms with Crippen LogP contribution in [0.15, 0.2) is 0 Å². The van der Waals surface area contributed by atoms with E-state index in [1.54, 1.807) is 0 Å². The van der Waals surface area contributed by atoms with Crippen LogP contribution in [0.1, 0.15) is 33.1 Å². The van der Waals surface area contributed by atoms with Gasteiger partial charge in [0.05, 0.1) is 0 Å². The summed E-state index contributed by atoms with van der Waals surface area (Å²) >= 11 is 4.41. The number of thiol groups is 1. The zero-order valence-electron chi connectivity index (χ0n) is 7.56. The van der Waals surface area contributed by atoms with Gasteiger partial charge in [0.1, 0.15) is 0 Å². The molecule has 2 heteroatoms. The Balaban J connectivity index is 0.000000281. The first kappa shape index (κ1) is 9.40. The highest BCUT2D eigenvalue weighted by atomic mass is 32.1. The lowest BCUT2D eigenvalue weighted by Gasteiger charge is -2.42. The van der Waals surface area contributed by atoms with Crippen molar-refractivity contribution in [1.29, 1.82) is 0 Å². The molecule has 0 aromatic carbocycles. The van der Waals surface area contributed by atoms with Crippen molar-refractivity contribution in [3.63, 3.8) is 0 Å². The Morgan fingerprint density at radius 1 is 1.36 bits per heavy atom. The van der Waals surface area contributed by atoms with Gasteiger partial charge in [-0.15, -0.1) is 0 Å². The summed E-state index contributed by atoms with van der Waals surface area (Å²) in [6, 6.07) is 0. The first-order valence-electron chi connectivity index (χ1n) is 4.70. The standard InChI is InChI=1S/C7H13NS.C2H6/c9-6-3-7(4-6)1-2-8-5-7;1-2/h6,8-9H,1-5H2;1-2H3. The van der Waals surface area contributed by atoms with E-state index in [0.717, 1.165) is 0 Å². The van der Waals surface area contributed by atoms with E-state index >= 15 is 0 Å². The minimum absolute atomic E-state index is 0.701. The van der Waals surface area contributed by atoms with Crippen molar-refractivity contribution in [2.45, 2.75) is 38.4 Å². The maximum atomic E-state index is 4.41. The van der Waals surface area contributed by atoms with E-state index in [-0.39, 0.29) is 0 Å². The van der Waals surface area contributed by atoms with Crippen LogP contribution in [0, 0.1) is 5.41 Å². The molecule has 1 heterocycles. The van der Waals surface area contributed by atoms with Crippen LogP contribution in [0.5, 0.6) is 0 Å². The van der Waals surface area contributed by atoms with E-state index in [1.807, 2.05) is 13.8 Å². The van der Waals surface area contributed by atoms with E-state index in [0.29, 0.717) is 10.7 Å². The molecule has 0 aromatic rings. The summed E-state index contributed by atoms with van der Waals surface area (Å²) < 4.78 is 0. The van der Waals surface area contributed by atoms with Gasteiger partial charge in [0.2, 0.25) is 0 Å². The zero-order valence-corrected chi connectivity index (χ0v) is 8.45. The van der Waals surface area contributed by atoms with Gasteiger partial charge in [-0.25, -0.2) is 0 Å². The van der Waals surface area contributed by atoms with Crippen molar-refractivity contribution in [1.82, 2.24) is 5.32 Å². The molecule has 1 aliphatic heterocycles. The van der Waals surface area contributed by atoms with Crippen LogP contribution in [0.25, 0.3) is 0 Å². The fourth-order valence-corrected chi connectivity index (χ4v) is 2.86. The number of nitrogens with one attached hydrogen (secondary N) is 1. The van der Waals surface area contributed by atoms with Crippen molar-refractivity contribution in [3.05, 3.63) is 0 Å². The summed E-state index contributed by atoms with van der Waals surface area (Å²) in [5.41, 5.74) is 0.701. The van der Waals surface area contributed by atoms with E-state index in [4.69, 9.17) is 0 Å². The molecule has 0 unspecified atom stereocenters. The van der Waals surface area contributed by atoms with E-state index in [1.165, 1.54) is 32.4 Å². The third-order valence-electron chi connectivity index (χ3n) is 2.67. The van der Waals surface area contributed by atoms with Crippen LogP contribution in [-0.4, -0.2) is 18.3 Å². The highest BCUT2D eigenvalue weighted by molar-refractivity contribution is 7.81. The second-order valence-electron chi connectivity index (χ2n) is 3.49. The van der Waals surface area contributed by atoms with Crippen molar-refractivity contribution in [2.24, 2.45) is 5.41 Å². The molecular weight excluding hydrogens is 154 g/mol. The lowest BCUT2D eigenvalue weighted by atomic mass is 9.68. The van der Waals surface area contributed by atoms with Gasteiger partial charge in [0, 0.05) is 11.8 Å². The Morgan fingerprint density at radius 3 is 2.36 bits per heavy atom. The molecule has 11 heavy (non-hydrogen) atoms. The average Bonchev–Trinajstić information content (AvgIpc) is 2.40. The molecule has 1 N–H and O–H groups in total. The van der Waals surface area contributed by atoms with Gasteiger partial charge >= 0.3 is 0 Å². The summed E-state index contributed by atoms with van der Waals surface area (Å²) in [6.45, 7) is 6.49. The third-order valence-corrected chi connectivity index (χ3v) is 3.03. The Morgan fingerprint density at radius 2 is 2.00 bits per heavy atom. The fourth-order valence-electron chi connectivity index (χ4n) is 2.08. The lowest BCUT2D eigenvalue weighted by molar-refractivity contribution is 0.174. The molecule has 0 radical (unpaired) electrons. The van der Waals surface area contributed by atoms with Gasteiger partial charge in [-0.1, -0.05) is 13.8 Å². The third kappa shape index (κ3) is 1.91. The predicted octanol–water partition coefficient (Wildman–Crippen LogP) is 2.08. The van der Waals surface area contributed by atoms with Crippen LogP contribution in [-0.2, 0) is 0 Å². The summed E-state index contributed by atoms with van der Waals surface area (Å²) in [5.74, 6) is 0. The number of rotatable bonds is 0. The fraction of sp³-hybridized carbons (Fsp3) is 1.00. The van der Waals surface area contributed by atoms with Gasteiger partial charge in [-0.2, -0.15) is 12.6 Å². The lowest BCUT2D eigenvalue weighted by Crippen LogP contribution is -2.39. The molecule has 0 aromatic heterocycles. The van der Waals surface area contributed by atoms with E-state index in [9.17, 15) is 0 Å².